The lowest BCUT2D eigenvalue weighted by atomic mass is 9.81. The average Bonchev–Trinajstić information content (AvgIpc) is 2.33. The summed E-state index contributed by atoms with van der Waals surface area (Å²) in [7, 11) is 0. The van der Waals surface area contributed by atoms with Crippen molar-refractivity contribution in [1.82, 2.24) is 0 Å². The van der Waals surface area contributed by atoms with Crippen molar-refractivity contribution in [2.75, 3.05) is 0 Å². The van der Waals surface area contributed by atoms with Crippen molar-refractivity contribution >= 4 is 11.6 Å². The fourth-order valence-corrected chi connectivity index (χ4v) is 2.64. The molecule has 0 amide bonds. The van der Waals surface area contributed by atoms with Gasteiger partial charge in [0.05, 0.1) is 11.1 Å². The summed E-state index contributed by atoms with van der Waals surface area (Å²) in [5, 5.41) is 10.1. The molecule has 1 aromatic carbocycles. The summed E-state index contributed by atoms with van der Waals surface area (Å²) >= 11 is 5.58. The number of hydrogen-bond acceptors (Lipinski definition) is 1. The quantitative estimate of drug-likeness (QED) is 0.885. The Hall–Kier alpha value is -0.740. The summed E-state index contributed by atoms with van der Waals surface area (Å²) in [6.07, 6.45) is -0.177. The largest absolute Gasteiger partial charge is 0.392 e. The summed E-state index contributed by atoms with van der Waals surface area (Å²) in [5.74, 6) is -3.26. The van der Waals surface area contributed by atoms with Gasteiger partial charge in [0.25, 0.3) is 0 Å². The molecule has 0 saturated heterocycles. The summed E-state index contributed by atoms with van der Waals surface area (Å²) in [5.41, 5.74) is 0.631. The van der Waals surface area contributed by atoms with E-state index in [1.807, 2.05) is 0 Å². The van der Waals surface area contributed by atoms with Gasteiger partial charge in [-0.15, -0.1) is 0 Å². The fourth-order valence-electron chi connectivity index (χ4n) is 2.52. The van der Waals surface area contributed by atoms with Gasteiger partial charge in [0.15, 0.2) is 0 Å². The van der Waals surface area contributed by atoms with Crippen molar-refractivity contribution in [3.63, 3.8) is 0 Å². The number of benzene rings is 1. The van der Waals surface area contributed by atoms with E-state index in [2.05, 4.69) is 0 Å². The van der Waals surface area contributed by atoms with Crippen LogP contribution in [0.4, 0.5) is 13.2 Å². The molecule has 0 aliphatic heterocycles. The molecule has 0 aromatic heterocycles. The molecular formula is C14H16ClF3O. The third-order valence-electron chi connectivity index (χ3n) is 3.73. The van der Waals surface area contributed by atoms with E-state index in [1.165, 1.54) is 12.1 Å². The van der Waals surface area contributed by atoms with E-state index in [0.29, 0.717) is 18.4 Å². The standard InChI is InChI=1S/C14H16ClF3O/c15-11-2-1-9(7-12(11)16)8-13(19)10-3-5-14(17,18)6-4-10/h1-2,7,10,13,19H,3-6,8H2. The van der Waals surface area contributed by atoms with Crippen LogP contribution in [0.2, 0.25) is 5.02 Å². The second-order valence-electron chi connectivity index (χ2n) is 5.21. The van der Waals surface area contributed by atoms with E-state index in [1.54, 1.807) is 6.07 Å². The maximum Gasteiger partial charge on any atom is 0.248 e. The van der Waals surface area contributed by atoms with Crippen molar-refractivity contribution in [3.8, 4) is 0 Å². The lowest BCUT2D eigenvalue weighted by Gasteiger charge is -2.31. The monoisotopic (exact) mass is 292 g/mol. The van der Waals surface area contributed by atoms with Crippen LogP contribution in [0.5, 0.6) is 0 Å². The van der Waals surface area contributed by atoms with Gasteiger partial charge in [0.2, 0.25) is 5.92 Å². The van der Waals surface area contributed by atoms with Crippen molar-refractivity contribution < 1.29 is 18.3 Å². The zero-order chi connectivity index (χ0) is 14.0. The zero-order valence-electron chi connectivity index (χ0n) is 10.4. The van der Waals surface area contributed by atoms with Crippen LogP contribution in [-0.2, 0) is 6.42 Å². The Morgan fingerprint density at radius 2 is 1.95 bits per heavy atom. The van der Waals surface area contributed by atoms with E-state index in [0.717, 1.165) is 0 Å². The molecule has 2 rings (SSSR count). The van der Waals surface area contributed by atoms with Gasteiger partial charge in [-0.2, -0.15) is 0 Å². The molecule has 19 heavy (non-hydrogen) atoms. The number of halogens is 4. The molecule has 1 fully saturated rings. The minimum atomic E-state index is -2.59. The predicted molar refractivity (Wildman–Crippen MR) is 68.0 cm³/mol. The van der Waals surface area contributed by atoms with Crippen LogP contribution in [-0.4, -0.2) is 17.1 Å². The normalized spacial score (nSPS) is 21.3. The smallest absolute Gasteiger partial charge is 0.248 e. The number of alkyl halides is 2. The number of aliphatic hydroxyl groups excluding tert-OH is 1. The van der Waals surface area contributed by atoms with Gasteiger partial charge in [-0.3, -0.25) is 0 Å². The molecule has 1 aromatic rings. The second-order valence-corrected chi connectivity index (χ2v) is 5.62. The first-order chi connectivity index (χ1) is 8.87. The predicted octanol–water partition coefficient (Wildman–Crippen LogP) is 4.21. The Labute approximate surface area is 115 Å². The molecule has 1 atom stereocenters. The van der Waals surface area contributed by atoms with Crippen LogP contribution in [0, 0.1) is 11.7 Å². The maximum atomic E-state index is 13.3. The van der Waals surface area contributed by atoms with Gasteiger partial charge >= 0.3 is 0 Å². The molecule has 0 heterocycles. The summed E-state index contributed by atoms with van der Waals surface area (Å²) in [4.78, 5) is 0. The van der Waals surface area contributed by atoms with Crippen molar-refractivity contribution in [3.05, 3.63) is 34.6 Å². The van der Waals surface area contributed by atoms with Crippen molar-refractivity contribution in [2.45, 2.75) is 44.1 Å². The van der Waals surface area contributed by atoms with Gasteiger partial charge in [0.1, 0.15) is 5.82 Å². The third kappa shape index (κ3) is 3.86. The highest BCUT2D eigenvalue weighted by Crippen LogP contribution is 2.38. The molecule has 106 valence electrons. The molecule has 1 nitrogen and oxygen atoms in total. The summed E-state index contributed by atoms with van der Waals surface area (Å²) in [6, 6.07) is 4.36. The van der Waals surface area contributed by atoms with Gasteiger partial charge in [0, 0.05) is 12.8 Å². The van der Waals surface area contributed by atoms with E-state index in [4.69, 9.17) is 11.6 Å². The molecular weight excluding hydrogens is 277 g/mol. The second kappa shape index (κ2) is 5.71. The van der Waals surface area contributed by atoms with Crippen LogP contribution in [0.25, 0.3) is 0 Å². The van der Waals surface area contributed by atoms with Crippen LogP contribution >= 0.6 is 11.6 Å². The number of rotatable bonds is 3. The minimum absolute atomic E-state index is 0.0375. The lowest BCUT2D eigenvalue weighted by Crippen LogP contribution is -2.32. The lowest BCUT2D eigenvalue weighted by molar-refractivity contribution is -0.0619. The van der Waals surface area contributed by atoms with Gasteiger partial charge < -0.3 is 5.11 Å². The molecule has 1 N–H and O–H groups in total. The third-order valence-corrected chi connectivity index (χ3v) is 4.04. The number of aliphatic hydroxyl groups is 1. The highest BCUT2D eigenvalue weighted by molar-refractivity contribution is 6.30. The Morgan fingerprint density at radius 1 is 1.32 bits per heavy atom. The Balaban J connectivity index is 1.94. The summed E-state index contributed by atoms with van der Waals surface area (Å²) < 4.78 is 39.3. The molecule has 5 heteroatoms. The summed E-state index contributed by atoms with van der Waals surface area (Å²) in [6.45, 7) is 0. The van der Waals surface area contributed by atoms with Gasteiger partial charge in [-0.05, 0) is 42.9 Å². The van der Waals surface area contributed by atoms with Crippen molar-refractivity contribution in [1.29, 1.82) is 0 Å². The van der Waals surface area contributed by atoms with Crippen LogP contribution < -0.4 is 0 Å². The Kier molecular flexibility index (Phi) is 4.41. The SMILES string of the molecule is OC(Cc1ccc(Cl)c(F)c1)C1CCC(F)(F)CC1. The highest BCUT2D eigenvalue weighted by atomic mass is 35.5. The van der Waals surface area contributed by atoms with Crippen LogP contribution in [0.3, 0.4) is 0 Å². The first-order valence-corrected chi connectivity index (χ1v) is 6.75. The van der Waals surface area contributed by atoms with Gasteiger partial charge in [-0.1, -0.05) is 17.7 Å². The van der Waals surface area contributed by atoms with Crippen molar-refractivity contribution in [2.24, 2.45) is 5.92 Å². The highest BCUT2D eigenvalue weighted by Gasteiger charge is 2.37. The van der Waals surface area contributed by atoms with Gasteiger partial charge in [-0.25, -0.2) is 13.2 Å². The molecule has 1 aliphatic carbocycles. The molecule has 1 saturated carbocycles. The van der Waals surface area contributed by atoms with E-state index >= 15 is 0 Å². The zero-order valence-corrected chi connectivity index (χ0v) is 11.1. The average molecular weight is 293 g/mol. The first-order valence-electron chi connectivity index (χ1n) is 6.37. The van der Waals surface area contributed by atoms with E-state index in [-0.39, 0.29) is 30.2 Å². The Bertz CT molecular complexity index is 440. The fraction of sp³-hybridized carbons (Fsp3) is 0.571. The molecule has 1 aliphatic rings. The van der Waals surface area contributed by atoms with E-state index in [9.17, 15) is 18.3 Å². The minimum Gasteiger partial charge on any atom is -0.392 e. The first kappa shape index (κ1) is 14.7. The van der Waals surface area contributed by atoms with Crippen LogP contribution in [0.1, 0.15) is 31.2 Å². The topological polar surface area (TPSA) is 20.2 Å². The molecule has 1 unspecified atom stereocenters. The molecule has 0 spiro atoms. The van der Waals surface area contributed by atoms with E-state index < -0.39 is 17.8 Å². The van der Waals surface area contributed by atoms with Crippen LogP contribution in [0.15, 0.2) is 18.2 Å². The Morgan fingerprint density at radius 3 is 2.53 bits per heavy atom. The maximum absolute atomic E-state index is 13.3. The number of hydrogen-bond donors (Lipinski definition) is 1. The molecule has 0 bridgehead atoms. The molecule has 0 radical (unpaired) electrons.